The van der Waals surface area contributed by atoms with Crippen molar-refractivity contribution in [3.63, 3.8) is 0 Å². The van der Waals surface area contributed by atoms with Crippen molar-refractivity contribution in [2.45, 2.75) is 13.1 Å². The molecule has 0 aliphatic heterocycles. The third-order valence-electron chi connectivity index (χ3n) is 4.35. The maximum Gasteiger partial charge on any atom is 0.203 e. The first kappa shape index (κ1) is 17.1. The van der Waals surface area contributed by atoms with E-state index in [-0.39, 0.29) is 0 Å². The van der Waals surface area contributed by atoms with Gasteiger partial charge in [0, 0.05) is 11.1 Å². The first-order valence-electron chi connectivity index (χ1n) is 8.34. The molecule has 0 atom stereocenters. The van der Waals surface area contributed by atoms with E-state index in [1.165, 1.54) is 16.3 Å². The van der Waals surface area contributed by atoms with Crippen molar-refractivity contribution in [3.05, 3.63) is 65.7 Å². The average Bonchev–Trinajstić information content (AvgIpc) is 2.67. The standard InChI is InChI=1S/C21H23NO3/c1-23-19-11-15(12-20(24-2)21(19)25-3)13-22-14-17-9-6-8-16-7-4-5-10-18(16)17/h4-12,22H,13-14H2,1-3H3/p+1. The van der Waals surface area contributed by atoms with Gasteiger partial charge >= 0.3 is 0 Å². The molecule has 0 amide bonds. The molecule has 3 rings (SSSR count). The van der Waals surface area contributed by atoms with Crippen molar-refractivity contribution in [1.82, 2.24) is 0 Å². The lowest BCUT2D eigenvalue weighted by molar-refractivity contribution is -0.686. The van der Waals surface area contributed by atoms with Crippen LogP contribution in [0.3, 0.4) is 0 Å². The zero-order chi connectivity index (χ0) is 17.6. The van der Waals surface area contributed by atoms with Crippen LogP contribution in [0, 0.1) is 0 Å². The van der Waals surface area contributed by atoms with Gasteiger partial charge in [-0.15, -0.1) is 0 Å². The predicted octanol–water partition coefficient (Wildman–Crippen LogP) is 3.13. The van der Waals surface area contributed by atoms with Gasteiger partial charge in [-0.25, -0.2) is 0 Å². The van der Waals surface area contributed by atoms with Gasteiger partial charge in [-0.05, 0) is 22.9 Å². The molecule has 25 heavy (non-hydrogen) atoms. The maximum absolute atomic E-state index is 5.42. The van der Waals surface area contributed by atoms with Gasteiger partial charge in [0.1, 0.15) is 13.1 Å². The number of quaternary nitrogens is 1. The molecule has 3 aromatic rings. The quantitative estimate of drug-likeness (QED) is 0.720. The number of benzene rings is 3. The number of ether oxygens (including phenoxy) is 3. The van der Waals surface area contributed by atoms with Crippen LogP contribution < -0.4 is 19.5 Å². The second-order valence-electron chi connectivity index (χ2n) is 5.87. The minimum atomic E-state index is 0.628. The second kappa shape index (κ2) is 7.90. The summed E-state index contributed by atoms with van der Waals surface area (Å²) in [6, 6.07) is 19.0. The molecular formula is C21H24NO3+. The average molecular weight is 338 g/mol. The van der Waals surface area contributed by atoms with Gasteiger partial charge in [-0.2, -0.15) is 0 Å². The lowest BCUT2D eigenvalue weighted by atomic mass is 10.0. The van der Waals surface area contributed by atoms with E-state index in [4.69, 9.17) is 14.2 Å². The van der Waals surface area contributed by atoms with Crippen molar-refractivity contribution >= 4 is 10.8 Å². The summed E-state index contributed by atoms with van der Waals surface area (Å²) in [5.74, 6) is 2.01. The zero-order valence-corrected chi connectivity index (χ0v) is 14.9. The number of hydrogen-bond donors (Lipinski definition) is 1. The molecule has 3 aromatic carbocycles. The van der Waals surface area contributed by atoms with Crippen molar-refractivity contribution in [2.24, 2.45) is 0 Å². The highest BCUT2D eigenvalue weighted by Gasteiger charge is 2.14. The van der Waals surface area contributed by atoms with Gasteiger partial charge < -0.3 is 19.5 Å². The fourth-order valence-electron chi connectivity index (χ4n) is 3.12. The van der Waals surface area contributed by atoms with Crippen LogP contribution in [-0.4, -0.2) is 21.3 Å². The maximum atomic E-state index is 5.42. The van der Waals surface area contributed by atoms with Crippen molar-refractivity contribution in [2.75, 3.05) is 21.3 Å². The Kier molecular flexibility index (Phi) is 5.41. The molecule has 2 N–H and O–H groups in total. The lowest BCUT2D eigenvalue weighted by Crippen LogP contribution is -2.80. The van der Waals surface area contributed by atoms with Crippen LogP contribution in [0.5, 0.6) is 17.2 Å². The summed E-state index contributed by atoms with van der Waals surface area (Å²) in [4.78, 5) is 0. The molecule has 130 valence electrons. The Bertz CT molecular complexity index is 830. The van der Waals surface area contributed by atoms with Gasteiger partial charge in [0.25, 0.3) is 0 Å². The molecule has 0 saturated heterocycles. The van der Waals surface area contributed by atoms with E-state index < -0.39 is 0 Å². The number of nitrogens with two attached hydrogens (primary N) is 1. The number of rotatable bonds is 7. The van der Waals surface area contributed by atoms with Gasteiger partial charge in [0.2, 0.25) is 5.75 Å². The normalized spacial score (nSPS) is 10.7. The summed E-state index contributed by atoms with van der Waals surface area (Å²) in [7, 11) is 4.90. The monoisotopic (exact) mass is 338 g/mol. The van der Waals surface area contributed by atoms with Crippen LogP contribution in [0.2, 0.25) is 0 Å². The van der Waals surface area contributed by atoms with Gasteiger partial charge in [0.15, 0.2) is 11.5 Å². The molecule has 0 bridgehead atoms. The molecule has 0 aromatic heterocycles. The molecule has 4 heteroatoms. The van der Waals surface area contributed by atoms with E-state index in [1.54, 1.807) is 21.3 Å². The van der Waals surface area contributed by atoms with Crippen LogP contribution >= 0.6 is 0 Å². The summed E-state index contributed by atoms with van der Waals surface area (Å²) >= 11 is 0. The minimum Gasteiger partial charge on any atom is -0.493 e. The minimum absolute atomic E-state index is 0.628. The lowest BCUT2D eigenvalue weighted by Gasteiger charge is -2.13. The molecular weight excluding hydrogens is 314 g/mol. The molecule has 0 heterocycles. The highest BCUT2D eigenvalue weighted by Crippen LogP contribution is 2.37. The molecule has 0 radical (unpaired) electrons. The van der Waals surface area contributed by atoms with Crippen molar-refractivity contribution in [1.29, 1.82) is 0 Å². The summed E-state index contributed by atoms with van der Waals surface area (Å²) in [6.45, 7) is 1.75. The Hall–Kier alpha value is -2.72. The molecule has 0 saturated carbocycles. The van der Waals surface area contributed by atoms with Crippen LogP contribution in [0.1, 0.15) is 11.1 Å². The molecule has 0 aliphatic carbocycles. The predicted molar refractivity (Wildman–Crippen MR) is 99.4 cm³/mol. The van der Waals surface area contributed by atoms with Gasteiger partial charge in [-0.3, -0.25) is 0 Å². The van der Waals surface area contributed by atoms with Crippen LogP contribution in [0.25, 0.3) is 10.8 Å². The van der Waals surface area contributed by atoms with Crippen LogP contribution in [0.15, 0.2) is 54.6 Å². The van der Waals surface area contributed by atoms with Gasteiger partial charge in [0.05, 0.1) is 21.3 Å². The number of methoxy groups -OCH3 is 3. The summed E-state index contributed by atoms with van der Waals surface area (Å²) < 4.78 is 16.2. The first-order valence-corrected chi connectivity index (χ1v) is 8.34. The Labute approximate surface area is 148 Å². The van der Waals surface area contributed by atoms with E-state index >= 15 is 0 Å². The third kappa shape index (κ3) is 3.69. The summed E-state index contributed by atoms with van der Waals surface area (Å²) in [6.07, 6.45) is 0. The van der Waals surface area contributed by atoms with Crippen LogP contribution in [0.4, 0.5) is 0 Å². The number of fused-ring (bicyclic) bond motifs is 1. The van der Waals surface area contributed by atoms with E-state index in [0.29, 0.717) is 17.2 Å². The smallest absolute Gasteiger partial charge is 0.203 e. The van der Waals surface area contributed by atoms with E-state index in [1.807, 2.05) is 12.1 Å². The summed E-state index contributed by atoms with van der Waals surface area (Å²) in [5.41, 5.74) is 2.47. The fraction of sp³-hybridized carbons (Fsp3) is 0.238. The number of hydrogen-bond acceptors (Lipinski definition) is 3. The largest absolute Gasteiger partial charge is 0.493 e. The fourth-order valence-corrected chi connectivity index (χ4v) is 3.12. The van der Waals surface area contributed by atoms with Gasteiger partial charge in [-0.1, -0.05) is 42.5 Å². The third-order valence-corrected chi connectivity index (χ3v) is 4.35. The highest BCUT2D eigenvalue weighted by atomic mass is 16.5. The Morgan fingerprint density at radius 3 is 2.12 bits per heavy atom. The van der Waals surface area contributed by atoms with Crippen molar-refractivity contribution < 1.29 is 19.5 Å². The Morgan fingerprint density at radius 1 is 0.760 bits per heavy atom. The SMILES string of the molecule is COc1cc(C[NH2+]Cc2cccc3ccccc23)cc(OC)c1OC. The highest BCUT2D eigenvalue weighted by molar-refractivity contribution is 5.85. The Balaban J connectivity index is 1.75. The zero-order valence-electron chi connectivity index (χ0n) is 14.9. The topological polar surface area (TPSA) is 44.3 Å². The second-order valence-corrected chi connectivity index (χ2v) is 5.87. The van der Waals surface area contributed by atoms with Crippen LogP contribution in [-0.2, 0) is 13.1 Å². The van der Waals surface area contributed by atoms with E-state index in [2.05, 4.69) is 47.8 Å². The molecule has 0 spiro atoms. The molecule has 4 nitrogen and oxygen atoms in total. The molecule has 0 aliphatic rings. The molecule has 0 unspecified atom stereocenters. The molecule has 0 fully saturated rings. The van der Waals surface area contributed by atoms with Crippen molar-refractivity contribution in [3.8, 4) is 17.2 Å². The van der Waals surface area contributed by atoms with E-state index in [9.17, 15) is 0 Å². The first-order chi connectivity index (χ1) is 12.3. The Morgan fingerprint density at radius 2 is 1.44 bits per heavy atom. The van der Waals surface area contributed by atoms with E-state index in [0.717, 1.165) is 18.7 Å². The summed E-state index contributed by atoms with van der Waals surface area (Å²) in [5, 5.41) is 4.87.